The van der Waals surface area contributed by atoms with Gasteiger partial charge in [0.05, 0.1) is 6.04 Å². The Kier molecular flexibility index (Phi) is 5.16. The number of hydrogen-bond donors (Lipinski definition) is 1. The Bertz CT molecular complexity index is 673. The Morgan fingerprint density at radius 2 is 1.78 bits per heavy atom. The van der Waals surface area contributed by atoms with Crippen LogP contribution in [0.5, 0.6) is 11.5 Å². The molecule has 4 nitrogen and oxygen atoms in total. The minimum atomic E-state index is -0.376. The lowest BCUT2D eigenvalue weighted by atomic mass is 9.80. The van der Waals surface area contributed by atoms with Crippen LogP contribution in [0.2, 0.25) is 0 Å². The molecule has 2 aromatic rings. The number of carbonyl (C=O) groups excluding carboxylic acids is 1. The van der Waals surface area contributed by atoms with Gasteiger partial charge in [-0.2, -0.15) is 0 Å². The fraction of sp³-hybridized carbons (Fsp3) is 0.278. The molecule has 5 heteroatoms. The number of hydrogen-bond acceptors (Lipinski definition) is 3. The van der Waals surface area contributed by atoms with Gasteiger partial charge in [-0.15, -0.1) is 12.4 Å². The van der Waals surface area contributed by atoms with E-state index in [0.29, 0.717) is 6.61 Å². The Hall–Kier alpha value is -2.20. The zero-order valence-corrected chi connectivity index (χ0v) is 13.9. The molecular formula is C18H20ClNO3. The number of benzene rings is 2. The van der Waals surface area contributed by atoms with Gasteiger partial charge in [0.1, 0.15) is 18.1 Å². The van der Waals surface area contributed by atoms with E-state index in [1.165, 1.54) is 0 Å². The highest BCUT2D eigenvalue weighted by Crippen LogP contribution is 2.37. The molecule has 1 atom stereocenters. The van der Waals surface area contributed by atoms with E-state index >= 15 is 0 Å². The molecule has 122 valence electrons. The molecule has 1 heterocycles. The van der Waals surface area contributed by atoms with Crippen molar-refractivity contribution in [2.45, 2.75) is 19.9 Å². The molecule has 0 radical (unpaired) electrons. The van der Waals surface area contributed by atoms with Crippen molar-refractivity contribution in [3.8, 4) is 11.5 Å². The van der Waals surface area contributed by atoms with E-state index in [-0.39, 0.29) is 30.0 Å². The zero-order valence-electron chi connectivity index (χ0n) is 13.1. The first-order chi connectivity index (χ1) is 10.5. The van der Waals surface area contributed by atoms with Gasteiger partial charge < -0.3 is 14.8 Å². The molecule has 2 aromatic carbocycles. The number of amides is 1. The molecule has 0 aliphatic carbocycles. The van der Waals surface area contributed by atoms with Crippen LogP contribution in [0.15, 0.2) is 54.6 Å². The lowest BCUT2D eigenvalue weighted by molar-refractivity contribution is 0.0387. The SMILES string of the molecule is CC1(C)COC(=O)N[C@@H]1c1cccc(Oc2ccccc2)c1.Cl. The highest BCUT2D eigenvalue weighted by atomic mass is 35.5. The fourth-order valence-corrected chi connectivity index (χ4v) is 2.61. The van der Waals surface area contributed by atoms with Crippen LogP contribution in [0.1, 0.15) is 25.5 Å². The third-order valence-corrected chi connectivity index (χ3v) is 3.79. The number of para-hydroxylation sites is 1. The Morgan fingerprint density at radius 3 is 2.52 bits per heavy atom. The molecular weight excluding hydrogens is 314 g/mol. The van der Waals surface area contributed by atoms with E-state index in [1.807, 2.05) is 54.6 Å². The van der Waals surface area contributed by atoms with Crippen molar-refractivity contribution in [3.05, 3.63) is 60.2 Å². The van der Waals surface area contributed by atoms with Crippen molar-refractivity contribution in [1.82, 2.24) is 5.32 Å². The van der Waals surface area contributed by atoms with Crippen molar-refractivity contribution >= 4 is 18.5 Å². The van der Waals surface area contributed by atoms with E-state index in [1.54, 1.807) is 0 Å². The average Bonchev–Trinajstić information content (AvgIpc) is 2.51. The third-order valence-electron chi connectivity index (χ3n) is 3.79. The highest BCUT2D eigenvalue weighted by Gasteiger charge is 2.37. The van der Waals surface area contributed by atoms with Crippen LogP contribution < -0.4 is 10.1 Å². The highest BCUT2D eigenvalue weighted by molar-refractivity contribution is 5.85. The first kappa shape index (κ1) is 17.2. The first-order valence-corrected chi connectivity index (χ1v) is 7.31. The minimum Gasteiger partial charge on any atom is -0.457 e. The summed E-state index contributed by atoms with van der Waals surface area (Å²) in [7, 11) is 0. The molecule has 1 fully saturated rings. The number of nitrogens with one attached hydrogen (secondary N) is 1. The number of carbonyl (C=O) groups is 1. The van der Waals surface area contributed by atoms with Gasteiger partial charge in [-0.25, -0.2) is 4.79 Å². The van der Waals surface area contributed by atoms with Crippen molar-refractivity contribution < 1.29 is 14.3 Å². The molecule has 1 aliphatic rings. The van der Waals surface area contributed by atoms with E-state index in [2.05, 4.69) is 19.2 Å². The van der Waals surface area contributed by atoms with E-state index in [0.717, 1.165) is 17.1 Å². The van der Waals surface area contributed by atoms with E-state index in [4.69, 9.17) is 9.47 Å². The maximum absolute atomic E-state index is 11.5. The largest absolute Gasteiger partial charge is 0.457 e. The van der Waals surface area contributed by atoms with Crippen molar-refractivity contribution in [2.75, 3.05) is 6.61 Å². The van der Waals surface area contributed by atoms with E-state index < -0.39 is 0 Å². The summed E-state index contributed by atoms with van der Waals surface area (Å²) in [5, 5.41) is 2.90. The molecule has 1 aliphatic heterocycles. The second-order valence-corrected chi connectivity index (χ2v) is 6.13. The molecule has 0 saturated carbocycles. The monoisotopic (exact) mass is 333 g/mol. The van der Waals surface area contributed by atoms with Gasteiger partial charge in [0.25, 0.3) is 0 Å². The molecule has 1 amide bonds. The lowest BCUT2D eigenvalue weighted by Gasteiger charge is -2.38. The predicted octanol–water partition coefficient (Wildman–Crippen LogP) is 4.71. The number of halogens is 1. The topological polar surface area (TPSA) is 47.6 Å². The van der Waals surface area contributed by atoms with Crippen LogP contribution in [0, 0.1) is 5.41 Å². The maximum atomic E-state index is 11.5. The summed E-state index contributed by atoms with van der Waals surface area (Å²) in [6, 6.07) is 17.3. The van der Waals surface area contributed by atoms with Gasteiger partial charge >= 0.3 is 6.09 Å². The van der Waals surface area contributed by atoms with Gasteiger partial charge in [0.15, 0.2) is 0 Å². The lowest BCUT2D eigenvalue weighted by Crippen LogP contribution is -2.46. The van der Waals surface area contributed by atoms with Crippen LogP contribution >= 0.6 is 12.4 Å². The zero-order chi connectivity index (χ0) is 15.6. The maximum Gasteiger partial charge on any atom is 0.407 e. The number of rotatable bonds is 3. The molecule has 1 N–H and O–H groups in total. The summed E-state index contributed by atoms with van der Waals surface area (Å²) < 4.78 is 11.0. The second kappa shape index (κ2) is 6.92. The quantitative estimate of drug-likeness (QED) is 0.885. The number of ether oxygens (including phenoxy) is 2. The Labute approximate surface area is 142 Å². The van der Waals surface area contributed by atoms with Crippen LogP contribution in [-0.4, -0.2) is 12.7 Å². The molecule has 3 rings (SSSR count). The summed E-state index contributed by atoms with van der Waals surface area (Å²) >= 11 is 0. The third kappa shape index (κ3) is 3.96. The second-order valence-electron chi connectivity index (χ2n) is 6.13. The average molecular weight is 334 g/mol. The molecule has 0 unspecified atom stereocenters. The predicted molar refractivity (Wildman–Crippen MR) is 91.2 cm³/mol. The summed E-state index contributed by atoms with van der Waals surface area (Å²) in [6.07, 6.45) is -0.376. The van der Waals surface area contributed by atoms with Gasteiger partial charge in [-0.05, 0) is 29.8 Å². The van der Waals surface area contributed by atoms with Gasteiger partial charge in [0.2, 0.25) is 0 Å². The smallest absolute Gasteiger partial charge is 0.407 e. The Morgan fingerprint density at radius 1 is 1.09 bits per heavy atom. The van der Waals surface area contributed by atoms with E-state index in [9.17, 15) is 4.79 Å². The van der Waals surface area contributed by atoms with Crippen LogP contribution in [-0.2, 0) is 4.74 Å². The standard InChI is InChI=1S/C18H19NO3.ClH/c1-18(2)12-21-17(20)19-16(18)13-7-6-10-15(11-13)22-14-8-4-3-5-9-14;/h3-11,16H,12H2,1-2H3,(H,19,20);1H/t16-;/m1./s1. The Balaban J connectivity index is 0.00000192. The summed E-state index contributed by atoms with van der Waals surface area (Å²) in [5.41, 5.74) is 0.828. The summed E-state index contributed by atoms with van der Waals surface area (Å²) in [5.74, 6) is 1.54. The van der Waals surface area contributed by atoms with Crippen molar-refractivity contribution in [3.63, 3.8) is 0 Å². The number of cyclic esters (lactones) is 1. The van der Waals surface area contributed by atoms with Crippen LogP contribution in [0.3, 0.4) is 0 Å². The molecule has 0 bridgehead atoms. The number of alkyl carbamates (subject to hydrolysis) is 1. The minimum absolute atomic E-state index is 0. The first-order valence-electron chi connectivity index (χ1n) is 7.31. The molecule has 0 spiro atoms. The molecule has 0 aromatic heterocycles. The van der Waals surface area contributed by atoms with Gasteiger partial charge in [0, 0.05) is 5.41 Å². The summed E-state index contributed by atoms with van der Waals surface area (Å²) in [4.78, 5) is 11.5. The fourth-order valence-electron chi connectivity index (χ4n) is 2.61. The van der Waals surface area contributed by atoms with Gasteiger partial charge in [-0.1, -0.05) is 44.2 Å². The normalized spacial score (nSPS) is 19.0. The van der Waals surface area contributed by atoms with Crippen molar-refractivity contribution in [2.24, 2.45) is 5.41 Å². The van der Waals surface area contributed by atoms with Gasteiger partial charge in [-0.3, -0.25) is 0 Å². The van der Waals surface area contributed by atoms with Crippen LogP contribution in [0.4, 0.5) is 4.79 Å². The molecule has 23 heavy (non-hydrogen) atoms. The van der Waals surface area contributed by atoms with Crippen molar-refractivity contribution in [1.29, 1.82) is 0 Å². The van der Waals surface area contributed by atoms with Crippen LogP contribution in [0.25, 0.3) is 0 Å². The molecule has 1 saturated heterocycles. The summed E-state index contributed by atoms with van der Waals surface area (Å²) in [6.45, 7) is 4.54.